The van der Waals surface area contributed by atoms with Gasteiger partial charge in [-0.3, -0.25) is 0 Å². The Hall–Kier alpha value is -0.420. The highest BCUT2D eigenvalue weighted by Crippen LogP contribution is 2.71. The van der Waals surface area contributed by atoms with Crippen LogP contribution < -0.4 is 0 Å². The summed E-state index contributed by atoms with van der Waals surface area (Å²) in [6, 6.07) is 0. The number of allylic oxidation sites excluding steroid dienone is 2. The molecule has 0 aromatic rings. The lowest BCUT2D eigenvalue weighted by Gasteiger charge is -2.65. The molecule has 2 aliphatic heterocycles. The number of ether oxygens (including phenoxy) is 4. The van der Waals surface area contributed by atoms with Gasteiger partial charge in [0.25, 0.3) is 0 Å². The van der Waals surface area contributed by atoms with Crippen molar-refractivity contribution < 1.29 is 18.9 Å². The third-order valence-corrected chi connectivity index (χ3v) is 13.0. The van der Waals surface area contributed by atoms with Gasteiger partial charge >= 0.3 is 0 Å². The van der Waals surface area contributed by atoms with Gasteiger partial charge in [-0.1, -0.05) is 53.7 Å². The molecule has 4 saturated carbocycles. The molecule has 2 saturated heterocycles. The van der Waals surface area contributed by atoms with Crippen LogP contribution in [-0.2, 0) is 18.9 Å². The molecule has 0 bridgehead atoms. The van der Waals surface area contributed by atoms with Crippen molar-refractivity contribution in [2.24, 2.45) is 58.2 Å². The van der Waals surface area contributed by atoms with Crippen LogP contribution >= 0.6 is 0 Å². The van der Waals surface area contributed by atoms with Gasteiger partial charge in [0.05, 0.1) is 25.4 Å². The molecular weight excluding hydrogens is 472 g/mol. The van der Waals surface area contributed by atoms with E-state index in [9.17, 15) is 0 Å². The topological polar surface area (TPSA) is 36.9 Å². The van der Waals surface area contributed by atoms with E-state index in [1.54, 1.807) is 0 Å². The Bertz CT molecular complexity index is 904. The molecule has 0 radical (unpaired) electrons. The monoisotopic (exact) mass is 528 g/mol. The average molecular weight is 529 g/mol. The summed E-state index contributed by atoms with van der Waals surface area (Å²) in [5.74, 6) is 4.52. The van der Waals surface area contributed by atoms with E-state index < -0.39 is 11.6 Å². The van der Waals surface area contributed by atoms with Gasteiger partial charge in [-0.25, -0.2) is 0 Å². The van der Waals surface area contributed by atoms with E-state index in [0.717, 1.165) is 56.1 Å². The molecule has 0 aromatic heterocycles. The zero-order valence-corrected chi connectivity index (χ0v) is 25.6. The number of hydrogen-bond donors (Lipinski definition) is 0. The van der Waals surface area contributed by atoms with Crippen LogP contribution in [0.2, 0.25) is 0 Å². The second-order valence-electron chi connectivity index (χ2n) is 15.6. The van der Waals surface area contributed by atoms with E-state index >= 15 is 0 Å². The van der Waals surface area contributed by atoms with Crippen molar-refractivity contribution in [3.05, 3.63) is 12.2 Å². The van der Waals surface area contributed by atoms with Crippen LogP contribution in [-0.4, -0.2) is 37.0 Å². The van der Waals surface area contributed by atoms with E-state index in [0.29, 0.717) is 29.1 Å². The summed E-state index contributed by atoms with van der Waals surface area (Å²) in [4.78, 5) is 0. The van der Waals surface area contributed by atoms with Crippen molar-refractivity contribution >= 4 is 0 Å². The predicted octanol–water partition coefficient (Wildman–Crippen LogP) is 8.00. The third-order valence-electron chi connectivity index (χ3n) is 13.0. The minimum Gasteiger partial charge on any atom is -0.347 e. The van der Waals surface area contributed by atoms with Crippen molar-refractivity contribution in [3.8, 4) is 0 Å². The van der Waals surface area contributed by atoms with Gasteiger partial charge in [-0.05, 0) is 111 Å². The number of hydrogen-bond acceptors (Lipinski definition) is 4. The zero-order chi connectivity index (χ0) is 27.1. The summed E-state index contributed by atoms with van der Waals surface area (Å²) in [7, 11) is 0. The largest absolute Gasteiger partial charge is 0.347 e. The zero-order valence-electron chi connectivity index (χ0n) is 25.6. The van der Waals surface area contributed by atoms with Crippen molar-refractivity contribution in [2.75, 3.05) is 13.2 Å². The first-order valence-electron chi connectivity index (χ1n) is 16.2. The molecule has 1 unspecified atom stereocenters. The predicted molar refractivity (Wildman–Crippen MR) is 151 cm³/mol. The molecule has 2 heterocycles. The highest BCUT2D eigenvalue weighted by Gasteiger charge is 2.70. The Morgan fingerprint density at radius 2 is 1.50 bits per heavy atom. The Morgan fingerprint density at radius 1 is 0.816 bits per heavy atom. The molecule has 4 heteroatoms. The third kappa shape index (κ3) is 4.21. The second-order valence-corrected chi connectivity index (χ2v) is 15.6. The fourth-order valence-corrected chi connectivity index (χ4v) is 11.3. The van der Waals surface area contributed by atoms with Crippen molar-refractivity contribution in [2.45, 2.75) is 131 Å². The van der Waals surface area contributed by atoms with E-state index in [2.05, 4.69) is 67.5 Å². The van der Waals surface area contributed by atoms with E-state index in [1.165, 1.54) is 32.1 Å². The number of fused-ring (bicyclic) bond motifs is 7. The van der Waals surface area contributed by atoms with E-state index in [4.69, 9.17) is 18.9 Å². The lowest BCUT2D eigenvalue weighted by atomic mass is 9.42. The Labute approximate surface area is 233 Å². The van der Waals surface area contributed by atoms with Gasteiger partial charge in [0.2, 0.25) is 0 Å². The second kappa shape index (κ2) is 9.57. The average Bonchev–Trinajstić information content (AvgIpc) is 3.52. The van der Waals surface area contributed by atoms with Crippen molar-refractivity contribution in [1.29, 1.82) is 0 Å². The number of rotatable bonds is 5. The summed E-state index contributed by atoms with van der Waals surface area (Å²) < 4.78 is 26.3. The van der Waals surface area contributed by atoms with Crippen LogP contribution in [0.25, 0.3) is 0 Å². The standard InChI is InChI=1S/C34H56O4/c1-9-23(21(2)3)11-10-22(4)25-12-13-26-24-19-34(35-16-17-36-34)30-18-28-29(38-31(5,6)37-28)20-33(30,8)27(24)14-15-32(25,26)7/h10-11,21-30H,9,12-20H2,1-8H3/b11-10+/t22-,23-,24+,25-,26+,27+,28+,29-,30?,32-,33-/m1/s1. The first-order valence-corrected chi connectivity index (χ1v) is 16.2. The molecule has 216 valence electrons. The minimum atomic E-state index is -0.483. The van der Waals surface area contributed by atoms with Crippen LogP contribution in [0.15, 0.2) is 12.2 Å². The molecular formula is C34H56O4. The highest BCUT2D eigenvalue weighted by atomic mass is 16.8. The molecule has 4 nitrogen and oxygen atoms in total. The molecule has 38 heavy (non-hydrogen) atoms. The first kappa shape index (κ1) is 27.7. The van der Waals surface area contributed by atoms with Crippen molar-refractivity contribution in [3.63, 3.8) is 0 Å². The molecule has 0 aromatic carbocycles. The van der Waals surface area contributed by atoms with Gasteiger partial charge in [0, 0.05) is 12.3 Å². The molecule has 0 amide bonds. The summed E-state index contributed by atoms with van der Waals surface area (Å²) in [5.41, 5.74) is 0.592. The minimum absolute atomic E-state index is 0.166. The molecule has 6 rings (SSSR count). The van der Waals surface area contributed by atoms with Gasteiger partial charge in [-0.15, -0.1) is 0 Å². The Morgan fingerprint density at radius 3 is 2.18 bits per heavy atom. The smallest absolute Gasteiger partial charge is 0.172 e. The van der Waals surface area contributed by atoms with Gasteiger partial charge < -0.3 is 18.9 Å². The molecule has 1 spiro atoms. The van der Waals surface area contributed by atoms with Crippen LogP contribution in [0.3, 0.4) is 0 Å². The van der Waals surface area contributed by atoms with Crippen molar-refractivity contribution in [1.82, 2.24) is 0 Å². The van der Waals surface area contributed by atoms with Gasteiger partial charge in [0.1, 0.15) is 0 Å². The maximum atomic E-state index is 6.69. The maximum absolute atomic E-state index is 6.69. The summed E-state index contributed by atoms with van der Waals surface area (Å²) >= 11 is 0. The first-order chi connectivity index (χ1) is 17.9. The van der Waals surface area contributed by atoms with Gasteiger partial charge in [0.15, 0.2) is 11.6 Å². The highest BCUT2D eigenvalue weighted by molar-refractivity contribution is 5.16. The van der Waals surface area contributed by atoms with Crippen LogP contribution in [0.1, 0.15) is 107 Å². The Balaban J connectivity index is 1.28. The summed E-state index contributed by atoms with van der Waals surface area (Å²) in [6.07, 6.45) is 15.4. The Kier molecular flexibility index (Phi) is 6.98. The molecule has 11 atom stereocenters. The summed E-state index contributed by atoms with van der Waals surface area (Å²) in [5, 5.41) is 0. The molecule has 6 aliphatic rings. The van der Waals surface area contributed by atoms with Gasteiger partial charge in [-0.2, -0.15) is 0 Å². The fraction of sp³-hybridized carbons (Fsp3) is 0.941. The maximum Gasteiger partial charge on any atom is 0.172 e. The molecule has 6 fully saturated rings. The molecule has 0 N–H and O–H groups in total. The summed E-state index contributed by atoms with van der Waals surface area (Å²) in [6.45, 7) is 20.5. The van der Waals surface area contributed by atoms with Crippen LogP contribution in [0, 0.1) is 58.2 Å². The normalized spacial score (nSPS) is 48.6. The lowest BCUT2D eigenvalue weighted by Crippen LogP contribution is -2.65. The lowest BCUT2D eigenvalue weighted by molar-refractivity contribution is -0.300. The molecule has 4 aliphatic carbocycles. The van der Waals surface area contributed by atoms with Crippen LogP contribution in [0.5, 0.6) is 0 Å². The van der Waals surface area contributed by atoms with E-state index in [1.807, 2.05) is 0 Å². The SMILES string of the molecule is CC[C@H](/C=C/[C@@H](C)[C@H]1CC[C@H]2[C@@H]3CC4(OCCO4)C4C[C@@H]5OC(C)(C)O[C@@H]5C[C@]4(C)[C@H]3CC[C@]12C)C(C)C. The van der Waals surface area contributed by atoms with Crippen LogP contribution in [0.4, 0.5) is 0 Å². The quantitative estimate of drug-likeness (QED) is 0.339. The fourth-order valence-electron chi connectivity index (χ4n) is 11.3. The van der Waals surface area contributed by atoms with E-state index in [-0.39, 0.29) is 17.6 Å².